The minimum atomic E-state index is -0.674. The number of carbonyl (C=O) groups is 1. The second-order valence-electron chi connectivity index (χ2n) is 7.30. The van der Waals surface area contributed by atoms with Gasteiger partial charge in [-0.3, -0.25) is 4.79 Å². The van der Waals surface area contributed by atoms with Gasteiger partial charge in [0.05, 0.1) is 12.0 Å². The number of rotatable bonds is 6. The van der Waals surface area contributed by atoms with E-state index < -0.39 is 11.4 Å². The molecule has 162 valence electrons. The van der Waals surface area contributed by atoms with Crippen molar-refractivity contribution in [2.24, 2.45) is 0 Å². The van der Waals surface area contributed by atoms with Crippen LogP contribution in [0.2, 0.25) is 0 Å². The van der Waals surface area contributed by atoms with E-state index in [1.807, 2.05) is 73.6 Å². The van der Waals surface area contributed by atoms with Gasteiger partial charge in [-0.25, -0.2) is 9.78 Å². The molecule has 0 bridgehead atoms. The van der Waals surface area contributed by atoms with Gasteiger partial charge >= 0.3 is 5.97 Å². The number of hydrogen-bond acceptors (Lipinski definition) is 7. The van der Waals surface area contributed by atoms with Gasteiger partial charge in [0, 0.05) is 43.6 Å². The van der Waals surface area contributed by atoms with Crippen LogP contribution >= 0.6 is 0 Å². The highest BCUT2D eigenvalue weighted by molar-refractivity contribution is 5.93. The maximum absolute atomic E-state index is 13.0. The molecule has 0 aliphatic heterocycles. The van der Waals surface area contributed by atoms with Crippen LogP contribution < -0.4 is 15.6 Å². The van der Waals surface area contributed by atoms with E-state index in [0.717, 1.165) is 17.1 Å². The molecule has 2 aromatic carbocycles. The number of benzene rings is 2. The van der Waals surface area contributed by atoms with Crippen LogP contribution in [-0.4, -0.2) is 41.2 Å². The van der Waals surface area contributed by atoms with Crippen LogP contribution in [-0.2, 0) is 4.74 Å². The fourth-order valence-corrected chi connectivity index (χ4v) is 3.28. The maximum atomic E-state index is 13.0. The number of hydrogen-bond donors (Lipinski definition) is 1. The van der Waals surface area contributed by atoms with Crippen LogP contribution in [0.25, 0.3) is 16.7 Å². The van der Waals surface area contributed by atoms with Crippen LogP contribution in [0.1, 0.15) is 17.3 Å². The van der Waals surface area contributed by atoms with Crippen molar-refractivity contribution in [1.82, 2.24) is 14.5 Å². The van der Waals surface area contributed by atoms with Crippen molar-refractivity contribution < 1.29 is 9.53 Å². The molecule has 0 atom stereocenters. The Balaban J connectivity index is 1.83. The highest BCUT2D eigenvalue weighted by Crippen LogP contribution is 2.21. The highest BCUT2D eigenvalue weighted by atomic mass is 16.5. The summed E-state index contributed by atoms with van der Waals surface area (Å²) in [7, 11) is 3.95. The Morgan fingerprint density at radius 3 is 2.47 bits per heavy atom. The van der Waals surface area contributed by atoms with Crippen molar-refractivity contribution in [2.45, 2.75) is 6.92 Å². The van der Waals surface area contributed by atoms with E-state index in [0.29, 0.717) is 11.6 Å². The summed E-state index contributed by atoms with van der Waals surface area (Å²) in [6.07, 6.45) is 2.91. The summed E-state index contributed by atoms with van der Waals surface area (Å²) in [6.45, 7) is 1.87. The molecule has 0 aliphatic carbocycles. The zero-order valence-electron chi connectivity index (χ0n) is 18.1. The van der Waals surface area contributed by atoms with Gasteiger partial charge in [0.15, 0.2) is 5.65 Å². The van der Waals surface area contributed by atoms with E-state index in [1.54, 1.807) is 11.5 Å². The lowest BCUT2D eigenvalue weighted by molar-refractivity contribution is 0.0524. The molecule has 8 heteroatoms. The topological polar surface area (TPSA) is 89.3 Å². The molecule has 0 saturated heterocycles. The molecule has 0 spiro atoms. The Kier molecular flexibility index (Phi) is 5.85. The van der Waals surface area contributed by atoms with Crippen LogP contribution in [0.4, 0.5) is 17.3 Å². The average molecular weight is 429 g/mol. The Morgan fingerprint density at radius 1 is 1.09 bits per heavy atom. The summed E-state index contributed by atoms with van der Waals surface area (Å²) in [6, 6.07) is 17.2. The Morgan fingerprint density at radius 2 is 1.81 bits per heavy atom. The third-order valence-electron chi connectivity index (χ3n) is 4.91. The summed E-state index contributed by atoms with van der Waals surface area (Å²) in [5.74, 6) is -0.338. The van der Waals surface area contributed by atoms with E-state index in [2.05, 4.69) is 15.3 Å². The number of carbonyl (C=O) groups excluding carboxylic acids is 1. The van der Waals surface area contributed by atoms with E-state index in [-0.39, 0.29) is 17.6 Å². The molecule has 32 heavy (non-hydrogen) atoms. The summed E-state index contributed by atoms with van der Waals surface area (Å²) < 4.78 is 6.77. The lowest BCUT2D eigenvalue weighted by Gasteiger charge is -2.14. The largest absolute Gasteiger partial charge is 0.462 e. The normalized spacial score (nSPS) is 10.7. The Bertz CT molecular complexity index is 1320. The molecule has 8 nitrogen and oxygen atoms in total. The van der Waals surface area contributed by atoms with Crippen LogP contribution in [0.3, 0.4) is 0 Å². The van der Waals surface area contributed by atoms with Gasteiger partial charge in [-0.2, -0.15) is 4.98 Å². The number of fused-ring (bicyclic) bond motifs is 1. The number of anilines is 3. The first-order valence-corrected chi connectivity index (χ1v) is 10.2. The first-order chi connectivity index (χ1) is 15.5. The second-order valence-corrected chi connectivity index (χ2v) is 7.30. The predicted octanol–water partition coefficient (Wildman–Crippen LogP) is 3.77. The molecule has 0 fully saturated rings. The summed E-state index contributed by atoms with van der Waals surface area (Å²) in [4.78, 5) is 36.3. The standard InChI is InChI=1S/C24H23N5O3/c1-4-32-23(31)20-15-29(18-8-6-5-7-9-18)22-19(21(20)30)14-25-24(27-22)26-16-10-12-17(13-11-16)28(2)3/h5-15H,4H2,1-3H3,(H,25,26,27). The molecule has 0 aliphatic rings. The van der Waals surface area contributed by atoms with Gasteiger partial charge in [-0.15, -0.1) is 0 Å². The van der Waals surface area contributed by atoms with Crippen molar-refractivity contribution in [3.63, 3.8) is 0 Å². The van der Waals surface area contributed by atoms with Crippen molar-refractivity contribution in [2.75, 3.05) is 30.9 Å². The first kappa shape index (κ1) is 21.0. The smallest absolute Gasteiger partial charge is 0.343 e. The van der Waals surface area contributed by atoms with Crippen molar-refractivity contribution in [3.05, 3.63) is 82.8 Å². The number of ether oxygens (including phenoxy) is 1. The van der Waals surface area contributed by atoms with Gasteiger partial charge in [0.25, 0.3) is 0 Å². The Hall–Kier alpha value is -4.20. The summed E-state index contributed by atoms with van der Waals surface area (Å²) in [5, 5.41) is 3.40. The molecule has 4 aromatic rings. The molecule has 0 amide bonds. The molecular weight excluding hydrogens is 406 g/mol. The van der Waals surface area contributed by atoms with E-state index >= 15 is 0 Å². The predicted molar refractivity (Wildman–Crippen MR) is 125 cm³/mol. The van der Waals surface area contributed by atoms with Crippen LogP contribution in [0.5, 0.6) is 0 Å². The molecule has 4 rings (SSSR count). The van der Waals surface area contributed by atoms with Crippen molar-refractivity contribution >= 4 is 34.3 Å². The van der Waals surface area contributed by atoms with Gasteiger partial charge in [0.2, 0.25) is 11.4 Å². The maximum Gasteiger partial charge on any atom is 0.343 e. The molecule has 2 aromatic heterocycles. The summed E-state index contributed by atoms with van der Waals surface area (Å²) in [5.41, 5.74) is 2.49. The molecule has 0 saturated carbocycles. The van der Waals surface area contributed by atoms with E-state index in [9.17, 15) is 9.59 Å². The van der Waals surface area contributed by atoms with Gasteiger partial charge in [0.1, 0.15) is 5.56 Å². The number of aromatic nitrogens is 3. The number of esters is 1. The quantitative estimate of drug-likeness (QED) is 0.467. The first-order valence-electron chi connectivity index (χ1n) is 10.2. The van der Waals surface area contributed by atoms with Crippen LogP contribution in [0.15, 0.2) is 71.8 Å². The molecule has 1 N–H and O–H groups in total. The lowest BCUT2D eigenvalue weighted by atomic mass is 10.2. The molecule has 2 heterocycles. The molecule has 0 radical (unpaired) electrons. The minimum absolute atomic E-state index is 0.0632. The highest BCUT2D eigenvalue weighted by Gasteiger charge is 2.19. The van der Waals surface area contributed by atoms with Crippen LogP contribution in [0, 0.1) is 0 Å². The average Bonchev–Trinajstić information content (AvgIpc) is 2.80. The zero-order valence-corrected chi connectivity index (χ0v) is 18.1. The van der Waals surface area contributed by atoms with Crippen molar-refractivity contribution in [1.29, 1.82) is 0 Å². The molecular formula is C24H23N5O3. The van der Waals surface area contributed by atoms with Gasteiger partial charge in [-0.1, -0.05) is 18.2 Å². The second kappa shape index (κ2) is 8.89. The fraction of sp³-hybridized carbons (Fsp3) is 0.167. The lowest BCUT2D eigenvalue weighted by Crippen LogP contribution is -2.21. The zero-order chi connectivity index (χ0) is 22.7. The number of para-hydroxylation sites is 1. The number of nitrogens with one attached hydrogen (secondary N) is 1. The van der Waals surface area contributed by atoms with E-state index in [1.165, 1.54) is 12.4 Å². The minimum Gasteiger partial charge on any atom is -0.462 e. The third kappa shape index (κ3) is 4.15. The van der Waals surface area contributed by atoms with E-state index in [4.69, 9.17) is 4.74 Å². The third-order valence-corrected chi connectivity index (χ3v) is 4.91. The number of pyridine rings is 1. The Labute approximate surface area is 185 Å². The number of nitrogens with zero attached hydrogens (tertiary/aromatic N) is 4. The van der Waals surface area contributed by atoms with Gasteiger partial charge < -0.3 is 19.5 Å². The summed E-state index contributed by atoms with van der Waals surface area (Å²) >= 11 is 0. The van der Waals surface area contributed by atoms with Crippen molar-refractivity contribution in [3.8, 4) is 5.69 Å². The van der Waals surface area contributed by atoms with Gasteiger partial charge in [-0.05, 0) is 43.3 Å². The monoisotopic (exact) mass is 429 g/mol. The molecule has 0 unspecified atom stereocenters. The SMILES string of the molecule is CCOC(=O)c1cn(-c2ccccc2)c2nc(Nc3ccc(N(C)C)cc3)ncc2c1=O. The fourth-order valence-electron chi connectivity index (χ4n) is 3.28.